The van der Waals surface area contributed by atoms with E-state index in [9.17, 15) is 19.1 Å². The van der Waals surface area contributed by atoms with Crippen molar-refractivity contribution in [3.8, 4) is 5.75 Å². The Morgan fingerprint density at radius 3 is 2.56 bits per heavy atom. The van der Waals surface area contributed by atoms with E-state index in [4.69, 9.17) is 4.74 Å². The van der Waals surface area contributed by atoms with Crippen LogP contribution in [0.15, 0.2) is 48.5 Å². The third-order valence-corrected chi connectivity index (χ3v) is 4.50. The van der Waals surface area contributed by atoms with Crippen LogP contribution in [-0.2, 0) is 11.3 Å². The highest BCUT2D eigenvalue weighted by Gasteiger charge is 2.27. The van der Waals surface area contributed by atoms with Gasteiger partial charge in [-0.1, -0.05) is 12.1 Å². The van der Waals surface area contributed by atoms with E-state index in [-0.39, 0.29) is 30.0 Å². The lowest BCUT2D eigenvalue weighted by Gasteiger charge is -2.17. The second-order valence-electron chi connectivity index (χ2n) is 6.54. The Kier molecular flexibility index (Phi) is 5.90. The van der Waals surface area contributed by atoms with E-state index in [1.54, 1.807) is 29.2 Å². The summed E-state index contributed by atoms with van der Waals surface area (Å²) < 4.78 is 18.1. The zero-order valence-electron chi connectivity index (χ0n) is 14.7. The second kappa shape index (κ2) is 8.53. The van der Waals surface area contributed by atoms with Crippen LogP contribution in [0.5, 0.6) is 5.75 Å². The fourth-order valence-electron chi connectivity index (χ4n) is 2.93. The molecule has 0 bridgehead atoms. The van der Waals surface area contributed by atoms with Crippen LogP contribution < -0.4 is 5.32 Å². The lowest BCUT2D eigenvalue weighted by atomic mass is 10.1. The van der Waals surface area contributed by atoms with Crippen molar-refractivity contribution in [3.05, 3.63) is 65.5 Å². The number of likely N-dealkylation sites (tertiary alicyclic amines) is 1. The monoisotopic (exact) mass is 372 g/mol. The predicted molar refractivity (Wildman–Crippen MR) is 96.7 cm³/mol. The summed E-state index contributed by atoms with van der Waals surface area (Å²) in [6.45, 7) is 1.64. The van der Waals surface area contributed by atoms with Crippen LogP contribution in [0.4, 0.5) is 9.18 Å². The topological polar surface area (TPSA) is 78.9 Å². The van der Waals surface area contributed by atoms with Gasteiger partial charge in [-0.2, -0.15) is 0 Å². The molecule has 0 spiro atoms. The minimum Gasteiger partial charge on any atom is -0.508 e. The van der Waals surface area contributed by atoms with Crippen molar-refractivity contribution >= 4 is 12.0 Å². The van der Waals surface area contributed by atoms with Crippen molar-refractivity contribution in [2.75, 3.05) is 19.6 Å². The molecule has 0 aromatic heterocycles. The predicted octanol–water partition coefficient (Wildman–Crippen LogP) is 2.92. The molecule has 2 aromatic rings. The van der Waals surface area contributed by atoms with Gasteiger partial charge in [-0.05, 0) is 54.3 Å². The number of phenols is 1. The fourth-order valence-corrected chi connectivity index (χ4v) is 2.93. The molecule has 142 valence electrons. The van der Waals surface area contributed by atoms with E-state index in [2.05, 4.69) is 5.32 Å². The molecule has 27 heavy (non-hydrogen) atoms. The number of amides is 2. The first kappa shape index (κ1) is 18.7. The van der Waals surface area contributed by atoms with E-state index >= 15 is 0 Å². The number of ether oxygens (including phenoxy) is 1. The Morgan fingerprint density at radius 2 is 1.85 bits per heavy atom. The third-order valence-electron chi connectivity index (χ3n) is 4.50. The normalized spacial score (nSPS) is 16.2. The Balaban J connectivity index is 1.41. The van der Waals surface area contributed by atoms with Gasteiger partial charge in [-0.25, -0.2) is 9.18 Å². The maximum Gasteiger partial charge on any atom is 0.410 e. The van der Waals surface area contributed by atoms with Crippen molar-refractivity contribution in [3.63, 3.8) is 0 Å². The van der Waals surface area contributed by atoms with Gasteiger partial charge in [0, 0.05) is 25.2 Å². The molecule has 7 heteroatoms. The summed E-state index contributed by atoms with van der Waals surface area (Å²) in [5.41, 5.74) is 1.20. The van der Waals surface area contributed by atoms with E-state index < -0.39 is 6.09 Å². The average molecular weight is 372 g/mol. The van der Waals surface area contributed by atoms with Gasteiger partial charge in [0.15, 0.2) is 0 Å². The van der Waals surface area contributed by atoms with Crippen LogP contribution in [0, 0.1) is 11.7 Å². The van der Waals surface area contributed by atoms with Crippen LogP contribution in [-0.4, -0.2) is 41.6 Å². The SMILES string of the molecule is O=C(NCC1CCN(C(=O)OCc2ccc(F)cc2)C1)c1ccc(O)cc1. The molecular weight excluding hydrogens is 351 g/mol. The molecule has 0 aliphatic carbocycles. The number of hydrogen-bond acceptors (Lipinski definition) is 4. The third kappa shape index (κ3) is 5.20. The van der Waals surface area contributed by atoms with Gasteiger partial charge < -0.3 is 20.1 Å². The zero-order valence-corrected chi connectivity index (χ0v) is 14.7. The summed E-state index contributed by atoms with van der Waals surface area (Å²) in [6, 6.07) is 11.8. The first-order valence-corrected chi connectivity index (χ1v) is 8.74. The van der Waals surface area contributed by atoms with Crippen molar-refractivity contribution in [1.29, 1.82) is 0 Å². The van der Waals surface area contributed by atoms with Gasteiger partial charge in [0.1, 0.15) is 18.2 Å². The van der Waals surface area contributed by atoms with E-state index in [1.807, 2.05) is 0 Å². The van der Waals surface area contributed by atoms with Crippen LogP contribution >= 0.6 is 0 Å². The molecule has 2 N–H and O–H groups in total. The maximum absolute atomic E-state index is 12.9. The molecule has 3 rings (SSSR count). The lowest BCUT2D eigenvalue weighted by Crippen LogP contribution is -2.33. The largest absolute Gasteiger partial charge is 0.508 e. The number of aromatic hydroxyl groups is 1. The first-order valence-electron chi connectivity index (χ1n) is 8.74. The van der Waals surface area contributed by atoms with E-state index in [0.717, 1.165) is 12.0 Å². The highest BCUT2D eigenvalue weighted by Crippen LogP contribution is 2.17. The zero-order chi connectivity index (χ0) is 19.2. The molecule has 1 aliphatic rings. The average Bonchev–Trinajstić information content (AvgIpc) is 3.15. The summed E-state index contributed by atoms with van der Waals surface area (Å²) in [5.74, 6) is -0.282. The second-order valence-corrected chi connectivity index (χ2v) is 6.54. The first-order chi connectivity index (χ1) is 13.0. The molecule has 2 aromatic carbocycles. The number of halogens is 1. The number of phenolic OH excluding ortho intramolecular Hbond substituents is 1. The molecule has 1 fully saturated rings. The standard InChI is InChI=1S/C20H21FN2O4/c21-17-5-1-14(2-6-17)13-27-20(26)23-10-9-15(12-23)11-22-19(25)16-3-7-18(24)8-4-16/h1-8,15,24H,9-13H2,(H,22,25). The van der Waals surface area contributed by atoms with Crippen molar-refractivity contribution < 1.29 is 23.8 Å². The Labute approximate surface area is 156 Å². The van der Waals surface area contributed by atoms with Gasteiger partial charge >= 0.3 is 6.09 Å². The van der Waals surface area contributed by atoms with Crippen molar-refractivity contribution in [2.45, 2.75) is 13.0 Å². The minimum atomic E-state index is -0.410. The quantitative estimate of drug-likeness (QED) is 0.846. The summed E-state index contributed by atoms with van der Waals surface area (Å²) in [5, 5.41) is 12.1. The molecule has 6 nitrogen and oxygen atoms in total. The van der Waals surface area contributed by atoms with Gasteiger partial charge in [-0.15, -0.1) is 0 Å². The Morgan fingerprint density at radius 1 is 1.15 bits per heavy atom. The summed E-state index contributed by atoms with van der Waals surface area (Å²) in [6.07, 6.45) is 0.369. The summed E-state index contributed by atoms with van der Waals surface area (Å²) in [7, 11) is 0. The highest BCUT2D eigenvalue weighted by molar-refractivity contribution is 5.94. The summed E-state index contributed by atoms with van der Waals surface area (Å²) in [4.78, 5) is 25.8. The lowest BCUT2D eigenvalue weighted by molar-refractivity contribution is 0.0945. The van der Waals surface area contributed by atoms with Gasteiger partial charge in [-0.3, -0.25) is 4.79 Å². The van der Waals surface area contributed by atoms with Crippen LogP contribution in [0.3, 0.4) is 0 Å². The summed E-state index contributed by atoms with van der Waals surface area (Å²) >= 11 is 0. The van der Waals surface area contributed by atoms with Crippen LogP contribution in [0.1, 0.15) is 22.3 Å². The maximum atomic E-state index is 12.9. The number of carbonyl (C=O) groups excluding carboxylic acids is 2. The highest BCUT2D eigenvalue weighted by atomic mass is 19.1. The van der Waals surface area contributed by atoms with E-state index in [0.29, 0.717) is 25.2 Å². The molecule has 1 heterocycles. The molecule has 1 aliphatic heterocycles. The van der Waals surface area contributed by atoms with Crippen molar-refractivity contribution in [1.82, 2.24) is 10.2 Å². The molecule has 0 radical (unpaired) electrons. The fraction of sp³-hybridized carbons (Fsp3) is 0.300. The smallest absolute Gasteiger partial charge is 0.410 e. The number of nitrogens with zero attached hydrogens (tertiary/aromatic N) is 1. The Bertz CT molecular complexity index is 793. The minimum absolute atomic E-state index is 0.0951. The number of benzene rings is 2. The Hall–Kier alpha value is -3.09. The molecular formula is C20H21FN2O4. The molecule has 1 atom stereocenters. The number of hydrogen-bond donors (Lipinski definition) is 2. The molecule has 2 amide bonds. The molecule has 1 unspecified atom stereocenters. The number of nitrogens with one attached hydrogen (secondary N) is 1. The van der Waals surface area contributed by atoms with Gasteiger partial charge in [0.2, 0.25) is 0 Å². The van der Waals surface area contributed by atoms with Crippen LogP contribution in [0.25, 0.3) is 0 Å². The van der Waals surface area contributed by atoms with Gasteiger partial charge in [0.25, 0.3) is 5.91 Å². The van der Waals surface area contributed by atoms with E-state index in [1.165, 1.54) is 24.3 Å². The molecule has 0 saturated carbocycles. The number of rotatable bonds is 5. The van der Waals surface area contributed by atoms with Crippen LogP contribution in [0.2, 0.25) is 0 Å². The van der Waals surface area contributed by atoms with Crippen molar-refractivity contribution in [2.24, 2.45) is 5.92 Å². The van der Waals surface area contributed by atoms with Gasteiger partial charge in [0.05, 0.1) is 0 Å². The molecule has 1 saturated heterocycles. The number of carbonyl (C=O) groups is 2.